The van der Waals surface area contributed by atoms with E-state index in [2.05, 4.69) is 19.2 Å². The number of benzene rings is 1. The van der Waals surface area contributed by atoms with E-state index in [9.17, 15) is 10.1 Å². The van der Waals surface area contributed by atoms with E-state index in [0.29, 0.717) is 17.4 Å². The van der Waals surface area contributed by atoms with Crippen LogP contribution in [0.4, 0.5) is 11.4 Å². The fraction of sp³-hybridized carbons (Fsp3) is 0.571. The summed E-state index contributed by atoms with van der Waals surface area (Å²) >= 11 is 0. The van der Waals surface area contributed by atoms with Crippen molar-refractivity contribution in [2.75, 3.05) is 12.4 Å². The van der Waals surface area contributed by atoms with Crippen molar-refractivity contribution in [1.29, 1.82) is 0 Å². The van der Waals surface area contributed by atoms with Gasteiger partial charge in [-0.15, -0.1) is 0 Å². The fourth-order valence-corrected chi connectivity index (χ4v) is 2.01. The van der Waals surface area contributed by atoms with E-state index in [1.165, 1.54) is 6.07 Å². The molecule has 106 valence electrons. The van der Waals surface area contributed by atoms with Gasteiger partial charge < -0.3 is 10.1 Å². The zero-order valence-electron chi connectivity index (χ0n) is 12.0. The Kier molecular flexibility index (Phi) is 5.60. The molecule has 1 aromatic rings. The number of methoxy groups -OCH3 is 1. The van der Waals surface area contributed by atoms with Gasteiger partial charge in [0, 0.05) is 18.2 Å². The lowest BCUT2D eigenvalue weighted by atomic mass is 10.00. The molecule has 0 saturated heterocycles. The molecule has 2 unspecified atom stereocenters. The van der Waals surface area contributed by atoms with Gasteiger partial charge in [-0.1, -0.05) is 20.3 Å². The predicted molar refractivity (Wildman–Crippen MR) is 76.8 cm³/mol. The Morgan fingerprint density at radius 3 is 2.63 bits per heavy atom. The van der Waals surface area contributed by atoms with Crippen LogP contribution in [0, 0.1) is 16.0 Å². The standard InChI is InChI=1S/C14H22N2O3/c1-5-10(2)8-11(3)15-13-9-12(19-4)6-7-14(13)16(17)18/h6-7,9-11,15H,5,8H2,1-4H3. The van der Waals surface area contributed by atoms with E-state index in [1.54, 1.807) is 19.2 Å². The highest BCUT2D eigenvalue weighted by Gasteiger charge is 2.17. The summed E-state index contributed by atoms with van der Waals surface area (Å²) in [4.78, 5) is 10.6. The van der Waals surface area contributed by atoms with E-state index in [4.69, 9.17) is 4.74 Å². The average Bonchev–Trinajstić information content (AvgIpc) is 2.37. The van der Waals surface area contributed by atoms with Crippen molar-refractivity contribution in [1.82, 2.24) is 0 Å². The van der Waals surface area contributed by atoms with Gasteiger partial charge in [0.15, 0.2) is 0 Å². The number of ether oxygens (including phenoxy) is 1. The number of hydrogen-bond donors (Lipinski definition) is 1. The quantitative estimate of drug-likeness (QED) is 0.601. The Labute approximate surface area is 114 Å². The molecule has 5 heteroatoms. The molecule has 0 spiro atoms. The summed E-state index contributed by atoms with van der Waals surface area (Å²) in [7, 11) is 1.55. The van der Waals surface area contributed by atoms with Crippen molar-refractivity contribution in [3.63, 3.8) is 0 Å². The molecule has 19 heavy (non-hydrogen) atoms. The van der Waals surface area contributed by atoms with Crippen molar-refractivity contribution in [2.24, 2.45) is 5.92 Å². The van der Waals surface area contributed by atoms with Gasteiger partial charge >= 0.3 is 0 Å². The average molecular weight is 266 g/mol. The van der Waals surface area contributed by atoms with Crippen molar-refractivity contribution < 1.29 is 9.66 Å². The minimum atomic E-state index is -0.377. The zero-order valence-corrected chi connectivity index (χ0v) is 12.0. The highest BCUT2D eigenvalue weighted by atomic mass is 16.6. The van der Waals surface area contributed by atoms with Crippen LogP contribution in [0.1, 0.15) is 33.6 Å². The summed E-state index contributed by atoms with van der Waals surface area (Å²) in [6.07, 6.45) is 2.08. The summed E-state index contributed by atoms with van der Waals surface area (Å²) in [6.45, 7) is 6.36. The van der Waals surface area contributed by atoms with Crippen molar-refractivity contribution in [2.45, 2.75) is 39.7 Å². The number of nitrogens with zero attached hydrogens (tertiary/aromatic N) is 1. The van der Waals surface area contributed by atoms with E-state index >= 15 is 0 Å². The Morgan fingerprint density at radius 1 is 1.42 bits per heavy atom. The first kappa shape index (κ1) is 15.3. The molecule has 2 atom stereocenters. The monoisotopic (exact) mass is 266 g/mol. The molecule has 0 aromatic heterocycles. The maximum absolute atomic E-state index is 11.0. The molecule has 0 bridgehead atoms. The lowest BCUT2D eigenvalue weighted by Gasteiger charge is -2.19. The highest BCUT2D eigenvalue weighted by molar-refractivity contribution is 5.64. The van der Waals surface area contributed by atoms with Crippen molar-refractivity contribution >= 4 is 11.4 Å². The van der Waals surface area contributed by atoms with Crippen LogP contribution < -0.4 is 10.1 Å². The number of hydrogen-bond acceptors (Lipinski definition) is 4. The Bertz CT molecular complexity index is 435. The summed E-state index contributed by atoms with van der Waals surface area (Å²) in [6, 6.07) is 4.92. The van der Waals surface area contributed by atoms with Crippen molar-refractivity contribution in [3.8, 4) is 5.75 Å². The molecule has 0 aliphatic heterocycles. The van der Waals surface area contributed by atoms with Gasteiger partial charge in [0.1, 0.15) is 11.4 Å². The largest absolute Gasteiger partial charge is 0.497 e. The molecule has 0 aliphatic rings. The molecule has 0 heterocycles. The molecule has 1 rings (SSSR count). The lowest BCUT2D eigenvalue weighted by molar-refractivity contribution is -0.384. The van der Waals surface area contributed by atoms with Crippen LogP contribution in [0.3, 0.4) is 0 Å². The number of nitrogens with one attached hydrogen (secondary N) is 1. The lowest BCUT2D eigenvalue weighted by Crippen LogP contribution is -2.19. The summed E-state index contributed by atoms with van der Waals surface area (Å²) in [5.74, 6) is 1.20. The highest BCUT2D eigenvalue weighted by Crippen LogP contribution is 2.30. The first-order valence-electron chi connectivity index (χ1n) is 6.56. The maximum Gasteiger partial charge on any atom is 0.292 e. The topological polar surface area (TPSA) is 64.4 Å². The number of nitro benzene ring substituents is 1. The first-order valence-corrected chi connectivity index (χ1v) is 6.56. The zero-order chi connectivity index (χ0) is 14.4. The third-order valence-corrected chi connectivity index (χ3v) is 3.26. The summed E-state index contributed by atoms with van der Waals surface area (Å²) in [5, 5.41) is 14.2. The van der Waals surface area contributed by atoms with E-state index in [-0.39, 0.29) is 16.7 Å². The van der Waals surface area contributed by atoms with Gasteiger partial charge in [-0.25, -0.2) is 0 Å². The molecule has 1 aromatic carbocycles. The van der Waals surface area contributed by atoms with Gasteiger partial charge in [0.25, 0.3) is 5.69 Å². The van der Waals surface area contributed by atoms with Gasteiger partial charge in [-0.3, -0.25) is 10.1 Å². The molecule has 0 radical (unpaired) electrons. The van der Waals surface area contributed by atoms with E-state index < -0.39 is 0 Å². The van der Waals surface area contributed by atoms with Gasteiger partial charge in [0.05, 0.1) is 12.0 Å². The number of anilines is 1. The second kappa shape index (κ2) is 6.97. The molecular formula is C14H22N2O3. The van der Waals surface area contributed by atoms with E-state index in [0.717, 1.165) is 12.8 Å². The molecule has 0 amide bonds. The number of nitro groups is 1. The molecule has 0 fully saturated rings. The third-order valence-electron chi connectivity index (χ3n) is 3.26. The first-order chi connectivity index (χ1) is 8.97. The number of rotatable bonds is 7. The van der Waals surface area contributed by atoms with Crippen LogP contribution in [0.5, 0.6) is 5.75 Å². The smallest absolute Gasteiger partial charge is 0.292 e. The third kappa shape index (κ3) is 4.43. The normalized spacial score (nSPS) is 13.7. The van der Waals surface area contributed by atoms with Crippen LogP contribution in [0.25, 0.3) is 0 Å². The minimum Gasteiger partial charge on any atom is -0.497 e. The van der Waals surface area contributed by atoms with E-state index in [1.807, 2.05) is 6.92 Å². The fourth-order valence-electron chi connectivity index (χ4n) is 2.01. The molecule has 5 nitrogen and oxygen atoms in total. The van der Waals surface area contributed by atoms with Crippen LogP contribution in [-0.2, 0) is 0 Å². The summed E-state index contributed by atoms with van der Waals surface area (Å²) in [5.41, 5.74) is 0.594. The van der Waals surface area contributed by atoms with Crippen LogP contribution >= 0.6 is 0 Å². The van der Waals surface area contributed by atoms with Gasteiger partial charge in [-0.2, -0.15) is 0 Å². The van der Waals surface area contributed by atoms with Crippen molar-refractivity contribution in [3.05, 3.63) is 28.3 Å². The molecular weight excluding hydrogens is 244 g/mol. The molecule has 0 saturated carbocycles. The second-order valence-electron chi connectivity index (χ2n) is 4.93. The second-order valence-corrected chi connectivity index (χ2v) is 4.93. The maximum atomic E-state index is 11.0. The minimum absolute atomic E-state index is 0.0804. The van der Waals surface area contributed by atoms with Gasteiger partial charge in [0.2, 0.25) is 0 Å². The Hall–Kier alpha value is -1.78. The Morgan fingerprint density at radius 2 is 2.11 bits per heavy atom. The van der Waals surface area contributed by atoms with Crippen LogP contribution in [-0.4, -0.2) is 18.1 Å². The van der Waals surface area contributed by atoms with Gasteiger partial charge in [-0.05, 0) is 25.3 Å². The summed E-state index contributed by atoms with van der Waals surface area (Å²) < 4.78 is 5.11. The molecule has 1 N–H and O–H groups in total. The SMILES string of the molecule is CCC(C)CC(C)Nc1cc(OC)ccc1[N+](=O)[O-]. The predicted octanol–water partition coefficient (Wildman–Crippen LogP) is 3.84. The van der Waals surface area contributed by atoms with Crippen LogP contribution in [0.2, 0.25) is 0 Å². The Balaban J connectivity index is 2.88. The molecule has 0 aliphatic carbocycles. The van der Waals surface area contributed by atoms with Crippen LogP contribution in [0.15, 0.2) is 18.2 Å².